The Hall–Kier alpha value is -2.18. The third-order valence-corrected chi connectivity index (χ3v) is 3.47. The van der Waals surface area contributed by atoms with Crippen molar-refractivity contribution >= 4 is 12.1 Å². The van der Waals surface area contributed by atoms with Crippen LogP contribution < -0.4 is 0 Å². The number of carbonyl (C=O) groups is 2. The lowest BCUT2D eigenvalue weighted by atomic mass is 10.1. The van der Waals surface area contributed by atoms with Crippen LogP contribution in [0.5, 0.6) is 0 Å². The standard InChI is InChI=1S/C17H21F2NO4/c1-16(2,3)24-15(22)20-9-13(17(18,19)11-20)14(21)23-10-12-7-5-4-6-8-12/h4-8,13H,9-11H2,1-3H3. The molecule has 0 radical (unpaired) electrons. The van der Waals surface area contributed by atoms with E-state index in [0.717, 1.165) is 4.90 Å². The average molecular weight is 341 g/mol. The van der Waals surface area contributed by atoms with Gasteiger partial charge in [0.15, 0.2) is 0 Å². The number of esters is 1. The smallest absolute Gasteiger partial charge is 0.410 e. The Balaban J connectivity index is 1.97. The number of alkyl halides is 2. The average Bonchev–Trinajstić information content (AvgIpc) is 2.80. The van der Waals surface area contributed by atoms with Crippen molar-refractivity contribution in [3.8, 4) is 0 Å². The third-order valence-electron chi connectivity index (χ3n) is 3.47. The molecule has 0 spiro atoms. The molecule has 1 saturated heterocycles. The van der Waals surface area contributed by atoms with Crippen molar-refractivity contribution in [2.45, 2.75) is 38.9 Å². The molecule has 0 aromatic heterocycles. The Bertz CT molecular complexity index is 598. The van der Waals surface area contributed by atoms with Gasteiger partial charge in [0.2, 0.25) is 0 Å². The van der Waals surface area contributed by atoms with E-state index in [1.165, 1.54) is 0 Å². The summed E-state index contributed by atoms with van der Waals surface area (Å²) in [6, 6.07) is 8.78. The van der Waals surface area contributed by atoms with Crippen molar-refractivity contribution in [3.63, 3.8) is 0 Å². The zero-order valence-electron chi connectivity index (χ0n) is 13.9. The molecule has 24 heavy (non-hydrogen) atoms. The van der Waals surface area contributed by atoms with Gasteiger partial charge in [0, 0.05) is 6.54 Å². The van der Waals surface area contributed by atoms with E-state index in [-0.39, 0.29) is 6.61 Å². The van der Waals surface area contributed by atoms with Crippen molar-refractivity contribution in [2.75, 3.05) is 13.1 Å². The van der Waals surface area contributed by atoms with Crippen LogP contribution in [0.1, 0.15) is 26.3 Å². The molecule has 0 N–H and O–H groups in total. The number of rotatable bonds is 3. The van der Waals surface area contributed by atoms with E-state index >= 15 is 0 Å². The first kappa shape index (κ1) is 18.2. The molecular weight excluding hydrogens is 320 g/mol. The van der Waals surface area contributed by atoms with Gasteiger partial charge in [-0.3, -0.25) is 4.79 Å². The fourth-order valence-electron chi connectivity index (χ4n) is 2.32. The number of carbonyl (C=O) groups excluding carboxylic acids is 2. The molecule has 1 aromatic rings. The molecule has 2 rings (SSSR count). The van der Waals surface area contributed by atoms with Gasteiger partial charge in [-0.15, -0.1) is 0 Å². The fourth-order valence-corrected chi connectivity index (χ4v) is 2.32. The topological polar surface area (TPSA) is 55.8 Å². The van der Waals surface area contributed by atoms with E-state index in [1.54, 1.807) is 51.1 Å². The monoisotopic (exact) mass is 341 g/mol. The highest BCUT2D eigenvalue weighted by Gasteiger charge is 2.54. The number of halogens is 2. The van der Waals surface area contributed by atoms with Crippen LogP contribution in [-0.4, -0.2) is 41.6 Å². The highest BCUT2D eigenvalue weighted by molar-refractivity contribution is 5.77. The lowest BCUT2D eigenvalue weighted by Gasteiger charge is -2.24. The minimum Gasteiger partial charge on any atom is -0.460 e. The molecule has 1 amide bonds. The Morgan fingerprint density at radius 1 is 1.25 bits per heavy atom. The van der Waals surface area contributed by atoms with Crippen LogP contribution in [0.3, 0.4) is 0 Å². The van der Waals surface area contributed by atoms with Crippen LogP contribution >= 0.6 is 0 Å². The SMILES string of the molecule is CC(C)(C)OC(=O)N1CC(C(=O)OCc2ccccc2)C(F)(F)C1. The van der Waals surface area contributed by atoms with Crippen LogP contribution in [0, 0.1) is 5.92 Å². The summed E-state index contributed by atoms with van der Waals surface area (Å²) in [4.78, 5) is 24.8. The predicted molar refractivity (Wildman–Crippen MR) is 82.5 cm³/mol. The van der Waals surface area contributed by atoms with Gasteiger partial charge in [0.05, 0.1) is 6.54 Å². The highest BCUT2D eigenvalue weighted by atomic mass is 19.3. The quantitative estimate of drug-likeness (QED) is 0.792. The summed E-state index contributed by atoms with van der Waals surface area (Å²) < 4.78 is 38.2. The lowest BCUT2D eigenvalue weighted by Crippen LogP contribution is -2.36. The summed E-state index contributed by atoms with van der Waals surface area (Å²) in [5, 5.41) is 0. The van der Waals surface area contributed by atoms with Crippen molar-refractivity contribution in [1.29, 1.82) is 0 Å². The van der Waals surface area contributed by atoms with E-state index in [1.807, 2.05) is 0 Å². The zero-order chi connectivity index (χ0) is 18.0. The first-order chi connectivity index (χ1) is 11.1. The molecule has 1 heterocycles. The Kier molecular flexibility index (Phi) is 5.11. The molecule has 1 unspecified atom stereocenters. The van der Waals surface area contributed by atoms with E-state index in [0.29, 0.717) is 5.56 Å². The molecule has 5 nitrogen and oxygen atoms in total. The van der Waals surface area contributed by atoms with Gasteiger partial charge in [-0.25, -0.2) is 13.6 Å². The van der Waals surface area contributed by atoms with Crippen molar-refractivity contribution in [3.05, 3.63) is 35.9 Å². The van der Waals surface area contributed by atoms with Gasteiger partial charge >= 0.3 is 12.1 Å². The molecule has 132 valence electrons. The predicted octanol–water partition coefficient (Wildman–Crippen LogP) is 3.23. The zero-order valence-corrected chi connectivity index (χ0v) is 13.9. The molecule has 1 aliphatic rings. The van der Waals surface area contributed by atoms with Gasteiger partial charge in [0.1, 0.15) is 18.1 Å². The second-order valence-corrected chi connectivity index (χ2v) is 6.77. The Morgan fingerprint density at radius 2 is 1.88 bits per heavy atom. The van der Waals surface area contributed by atoms with Crippen LogP contribution in [0.15, 0.2) is 30.3 Å². The fraction of sp³-hybridized carbons (Fsp3) is 0.529. The van der Waals surface area contributed by atoms with Crippen molar-refractivity contribution in [2.24, 2.45) is 5.92 Å². The molecule has 0 saturated carbocycles. The lowest BCUT2D eigenvalue weighted by molar-refractivity contribution is -0.159. The number of hydrogen-bond donors (Lipinski definition) is 0. The maximum absolute atomic E-state index is 14.1. The second kappa shape index (κ2) is 6.75. The first-order valence-electron chi connectivity index (χ1n) is 7.65. The molecule has 7 heteroatoms. The largest absolute Gasteiger partial charge is 0.460 e. The number of hydrogen-bond acceptors (Lipinski definition) is 4. The molecule has 1 aliphatic heterocycles. The van der Waals surface area contributed by atoms with Crippen molar-refractivity contribution in [1.82, 2.24) is 4.90 Å². The third kappa shape index (κ3) is 4.66. The van der Waals surface area contributed by atoms with E-state index < -0.39 is 42.6 Å². The minimum absolute atomic E-state index is 0.0846. The first-order valence-corrected chi connectivity index (χ1v) is 7.65. The molecule has 1 aromatic carbocycles. The summed E-state index contributed by atoms with van der Waals surface area (Å²) in [7, 11) is 0. The van der Waals surface area contributed by atoms with Gasteiger partial charge in [-0.2, -0.15) is 0 Å². The van der Waals surface area contributed by atoms with E-state index in [9.17, 15) is 18.4 Å². The number of amides is 1. The second-order valence-electron chi connectivity index (χ2n) is 6.77. The van der Waals surface area contributed by atoms with Crippen molar-refractivity contribution < 1.29 is 27.8 Å². The summed E-state index contributed by atoms with van der Waals surface area (Å²) >= 11 is 0. The van der Waals surface area contributed by atoms with Crippen LogP contribution in [0.4, 0.5) is 13.6 Å². The van der Waals surface area contributed by atoms with Gasteiger partial charge in [-0.1, -0.05) is 30.3 Å². The highest BCUT2D eigenvalue weighted by Crippen LogP contribution is 2.35. The van der Waals surface area contributed by atoms with Gasteiger partial charge in [0.25, 0.3) is 5.92 Å². The number of nitrogens with zero attached hydrogens (tertiary/aromatic N) is 1. The Morgan fingerprint density at radius 3 is 2.46 bits per heavy atom. The molecule has 1 fully saturated rings. The van der Waals surface area contributed by atoms with E-state index in [4.69, 9.17) is 9.47 Å². The van der Waals surface area contributed by atoms with Crippen LogP contribution in [-0.2, 0) is 20.9 Å². The summed E-state index contributed by atoms with van der Waals surface area (Å²) in [5.41, 5.74) is -0.0886. The number of benzene rings is 1. The Labute approximate surface area is 139 Å². The number of ether oxygens (including phenoxy) is 2. The molecular formula is C17H21F2NO4. The maximum Gasteiger partial charge on any atom is 0.410 e. The minimum atomic E-state index is -3.34. The maximum atomic E-state index is 14.1. The summed E-state index contributed by atoms with van der Waals surface area (Å²) in [6.45, 7) is 3.57. The summed E-state index contributed by atoms with van der Waals surface area (Å²) in [6.07, 6.45) is -0.861. The molecule has 0 aliphatic carbocycles. The normalized spacial score (nSPS) is 19.9. The number of likely N-dealkylation sites (tertiary alicyclic amines) is 1. The molecule has 1 atom stereocenters. The van der Waals surface area contributed by atoms with Crippen LogP contribution in [0.2, 0.25) is 0 Å². The van der Waals surface area contributed by atoms with E-state index in [2.05, 4.69) is 0 Å². The van der Waals surface area contributed by atoms with Gasteiger partial charge < -0.3 is 14.4 Å². The molecule has 0 bridgehead atoms. The van der Waals surface area contributed by atoms with Crippen LogP contribution in [0.25, 0.3) is 0 Å². The summed E-state index contributed by atoms with van der Waals surface area (Å²) in [5.74, 6) is -6.05. The van der Waals surface area contributed by atoms with Gasteiger partial charge in [-0.05, 0) is 26.3 Å².